The van der Waals surface area contributed by atoms with Crippen LogP contribution in [0.4, 0.5) is 18.9 Å². The molecule has 0 aromatic heterocycles. The fraction of sp³-hybridized carbons (Fsp3) is 0.167. The molecule has 5 rings (SSSR count). The number of hydrogen-bond acceptors (Lipinski definition) is 3. The molecular formula is C24H17F3N2O2S. The minimum absolute atomic E-state index is 0.0357. The average molecular weight is 454 g/mol. The Morgan fingerprint density at radius 2 is 1.72 bits per heavy atom. The monoisotopic (exact) mass is 454 g/mol. The molecule has 2 aliphatic rings. The van der Waals surface area contributed by atoms with Crippen LogP contribution in [0, 0.1) is 17.5 Å². The highest BCUT2D eigenvalue weighted by atomic mass is 32.2. The van der Waals surface area contributed by atoms with E-state index in [1.807, 2.05) is 6.07 Å². The van der Waals surface area contributed by atoms with Crippen molar-refractivity contribution in [2.75, 3.05) is 17.2 Å². The van der Waals surface area contributed by atoms with E-state index in [1.165, 1.54) is 51.9 Å². The number of nitrogens with zero attached hydrogens (tertiary/aromatic N) is 2. The second-order valence-corrected chi connectivity index (χ2v) is 8.90. The van der Waals surface area contributed by atoms with E-state index in [0.717, 1.165) is 12.1 Å². The van der Waals surface area contributed by atoms with E-state index in [0.29, 0.717) is 29.1 Å². The SMILES string of the molecule is O=C(c1ccc(F)cc1)N1CCSC12C(=O)N(Cc1ccc(F)c(F)c1)c1ccccc12. The number of hydrogen-bond donors (Lipinski definition) is 0. The molecule has 2 aliphatic heterocycles. The van der Waals surface area contributed by atoms with Gasteiger partial charge in [0.15, 0.2) is 16.5 Å². The van der Waals surface area contributed by atoms with Crippen molar-refractivity contribution >= 4 is 29.3 Å². The van der Waals surface area contributed by atoms with Crippen LogP contribution >= 0.6 is 11.8 Å². The zero-order valence-electron chi connectivity index (χ0n) is 16.7. The molecule has 1 saturated heterocycles. The van der Waals surface area contributed by atoms with Gasteiger partial charge in [0, 0.05) is 23.4 Å². The summed E-state index contributed by atoms with van der Waals surface area (Å²) in [5.41, 5.74) is 2.01. The van der Waals surface area contributed by atoms with Gasteiger partial charge in [-0.15, -0.1) is 11.8 Å². The van der Waals surface area contributed by atoms with Crippen LogP contribution in [-0.4, -0.2) is 29.0 Å². The number of carbonyl (C=O) groups excluding carboxylic acids is 2. The van der Waals surface area contributed by atoms with Gasteiger partial charge >= 0.3 is 0 Å². The molecule has 162 valence electrons. The Kier molecular flexibility index (Phi) is 4.97. The molecule has 1 atom stereocenters. The summed E-state index contributed by atoms with van der Waals surface area (Å²) in [6.07, 6.45) is 0. The Labute approximate surface area is 186 Å². The van der Waals surface area contributed by atoms with Crippen molar-refractivity contribution in [3.63, 3.8) is 0 Å². The Morgan fingerprint density at radius 3 is 2.47 bits per heavy atom. The molecule has 2 heterocycles. The van der Waals surface area contributed by atoms with Crippen molar-refractivity contribution in [1.82, 2.24) is 4.90 Å². The number of anilines is 1. The predicted octanol–water partition coefficient (Wildman–Crippen LogP) is 4.69. The number of rotatable bonds is 3. The number of amides is 2. The fourth-order valence-corrected chi connectivity index (χ4v) is 5.75. The van der Waals surface area contributed by atoms with Gasteiger partial charge in [0.25, 0.3) is 11.8 Å². The van der Waals surface area contributed by atoms with E-state index in [9.17, 15) is 22.8 Å². The number of fused-ring (bicyclic) bond motifs is 2. The Bertz CT molecular complexity index is 1230. The zero-order valence-corrected chi connectivity index (χ0v) is 17.5. The lowest BCUT2D eigenvalue weighted by Crippen LogP contribution is -2.50. The van der Waals surface area contributed by atoms with Gasteiger partial charge in [-0.3, -0.25) is 9.59 Å². The first kappa shape index (κ1) is 20.6. The van der Waals surface area contributed by atoms with Gasteiger partial charge in [0.05, 0.1) is 12.2 Å². The minimum Gasteiger partial charge on any atom is -0.311 e. The lowest BCUT2D eigenvalue weighted by Gasteiger charge is -2.33. The van der Waals surface area contributed by atoms with Crippen LogP contribution < -0.4 is 4.90 Å². The average Bonchev–Trinajstić information content (AvgIpc) is 3.34. The standard InChI is InChI=1S/C24H17F3N2O2S/c25-17-8-6-16(7-9-17)22(30)29-11-12-32-24(29)18-3-1-2-4-21(18)28(23(24)31)14-15-5-10-19(26)20(27)13-15/h1-10,13H,11-12,14H2. The Morgan fingerprint density at radius 1 is 0.969 bits per heavy atom. The molecule has 0 radical (unpaired) electrons. The molecule has 2 amide bonds. The second kappa shape index (κ2) is 7.70. The number of para-hydroxylation sites is 1. The Hall–Kier alpha value is -3.26. The second-order valence-electron chi connectivity index (χ2n) is 7.61. The third-order valence-corrected chi connectivity index (χ3v) is 7.18. The van der Waals surface area contributed by atoms with Crippen LogP contribution in [0.2, 0.25) is 0 Å². The molecule has 1 fully saturated rings. The molecule has 0 aliphatic carbocycles. The molecule has 0 N–H and O–H groups in total. The molecular weight excluding hydrogens is 437 g/mol. The van der Waals surface area contributed by atoms with Gasteiger partial charge in [-0.05, 0) is 48.0 Å². The molecule has 0 saturated carbocycles. The van der Waals surface area contributed by atoms with Crippen LogP contribution in [-0.2, 0) is 16.2 Å². The van der Waals surface area contributed by atoms with E-state index >= 15 is 0 Å². The van der Waals surface area contributed by atoms with Gasteiger partial charge in [-0.25, -0.2) is 13.2 Å². The van der Waals surface area contributed by atoms with Crippen molar-refractivity contribution in [3.8, 4) is 0 Å². The Balaban J connectivity index is 1.56. The van der Waals surface area contributed by atoms with Crippen molar-refractivity contribution in [1.29, 1.82) is 0 Å². The summed E-state index contributed by atoms with van der Waals surface area (Å²) in [7, 11) is 0. The summed E-state index contributed by atoms with van der Waals surface area (Å²) in [5, 5.41) is 0. The highest BCUT2D eigenvalue weighted by Gasteiger charge is 2.59. The quantitative estimate of drug-likeness (QED) is 0.577. The minimum atomic E-state index is -1.26. The molecule has 0 bridgehead atoms. The third kappa shape index (κ3) is 3.09. The summed E-state index contributed by atoms with van der Waals surface area (Å²) < 4.78 is 40.5. The first-order valence-corrected chi connectivity index (χ1v) is 11.0. The maximum Gasteiger partial charge on any atom is 0.268 e. The van der Waals surface area contributed by atoms with Crippen LogP contribution in [0.1, 0.15) is 21.5 Å². The van der Waals surface area contributed by atoms with Crippen LogP contribution in [0.3, 0.4) is 0 Å². The van der Waals surface area contributed by atoms with Gasteiger partial charge in [-0.2, -0.15) is 0 Å². The van der Waals surface area contributed by atoms with Crippen LogP contribution in [0.25, 0.3) is 0 Å². The summed E-state index contributed by atoms with van der Waals surface area (Å²) >= 11 is 1.36. The lowest BCUT2D eigenvalue weighted by atomic mass is 10.0. The van der Waals surface area contributed by atoms with Crippen LogP contribution in [0.15, 0.2) is 66.7 Å². The molecule has 3 aromatic carbocycles. The van der Waals surface area contributed by atoms with Gasteiger partial charge < -0.3 is 9.80 Å². The van der Waals surface area contributed by atoms with Crippen LogP contribution in [0.5, 0.6) is 0 Å². The summed E-state index contributed by atoms with van der Waals surface area (Å²) in [4.78, 5) is 28.9. The molecule has 3 aromatic rings. The summed E-state index contributed by atoms with van der Waals surface area (Å²) in [6.45, 7) is 0.383. The van der Waals surface area contributed by atoms with Gasteiger partial charge in [-0.1, -0.05) is 24.3 Å². The molecule has 1 unspecified atom stereocenters. The summed E-state index contributed by atoms with van der Waals surface area (Å²) in [5.74, 6) is -2.53. The molecule has 4 nitrogen and oxygen atoms in total. The summed E-state index contributed by atoms with van der Waals surface area (Å²) in [6, 6.07) is 15.9. The van der Waals surface area contributed by atoms with Crippen molar-refractivity contribution in [3.05, 3.63) is 101 Å². The van der Waals surface area contributed by atoms with E-state index in [4.69, 9.17) is 0 Å². The number of benzene rings is 3. The van der Waals surface area contributed by atoms with Crippen molar-refractivity contribution in [2.45, 2.75) is 11.4 Å². The van der Waals surface area contributed by atoms with Crippen molar-refractivity contribution in [2.24, 2.45) is 0 Å². The van der Waals surface area contributed by atoms with Gasteiger partial charge in [0.1, 0.15) is 5.82 Å². The molecule has 32 heavy (non-hydrogen) atoms. The fourth-order valence-electron chi connectivity index (χ4n) is 4.29. The largest absolute Gasteiger partial charge is 0.311 e. The first-order chi connectivity index (χ1) is 15.4. The van der Waals surface area contributed by atoms with E-state index in [-0.39, 0.29) is 23.9 Å². The number of thioether (sulfide) groups is 1. The smallest absolute Gasteiger partial charge is 0.268 e. The molecule has 8 heteroatoms. The number of halogens is 3. The zero-order chi connectivity index (χ0) is 22.5. The first-order valence-electron chi connectivity index (χ1n) is 9.99. The topological polar surface area (TPSA) is 40.6 Å². The van der Waals surface area contributed by atoms with E-state index in [2.05, 4.69) is 0 Å². The highest BCUT2D eigenvalue weighted by Crippen LogP contribution is 2.54. The van der Waals surface area contributed by atoms with Gasteiger partial charge in [0.2, 0.25) is 0 Å². The van der Waals surface area contributed by atoms with Crippen molar-refractivity contribution < 1.29 is 22.8 Å². The highest BCUT2D eigenvalue weighted by molar-refractivity contribution is 8.01. The maximum atomic E-state index is 13.8. The lowest BCUT2D eigenvalue weighted by molar-refractivity contribution is -0.123. The van der Waals surface area contributed by atoms with E-state index in [1.54, 1.807) is 18.2 Å². The maximum absolute atomic E-state index is 13.8. The molecule has 1 spiro atoms. The third-order valence-electron chi connectivity index (χ3n) is 5.76. The van der Waals surface area contributed by atoms with E-state index < -0.39 is 22.3 Å². The predicted molar refractivity (Wildman–Crippen MR) is 116 cm³/mol. The number of carbonyl (C=O) groups is 2. The normalized spacial score (nSPS) is 19.7.